The number of fused-ring (bicyclic) bond motifs is 2. The number of benzene rings is 2. The number of hydrogen-bond acceptors (Lipinski definition) is 5. The molecule has 0 radical (unpaired) electrons. The fourth-order valence-electron chi connectivity index (χ4n) is 3.15. The predicted molar refractivity (Wildman–Crippen MR) is 118 cm³/mol. The Morgan fingerprint density at radius 3 is 2.93 bits per heavy atom. The lowest BCUT2D eigenvalue weighted by atomic mass is 10.2. The average molecular weight is 404 g/mol. The van der Waals surface area contributed by atoms with Gasteiger partial charge in [0.05, 0.1) is 19.1 Å². The molecule has 2 aromatic carbocycles. The number of hydrazone groups is 1. The molecule has 29 heavy (non-hydrogen) atoms. The lowest BCUT2D eigenvalue weighted by Gasteiger charge is -2.10. The standard InChI is InChI=1S/C22H20N4O2S/c1-14-10-20(17-7-5-9-19(28-2)22(17)25-14)29-13-21(27)26-24-12-15-11-23-18-8-4-3-6-16(15)18/h3-12,23H,13H2,1-2H3,(H,26,27). The first-order chi connectivity index (χ1) is 14.2. The van der Waals surface area contributed by atoms with E-state index in [9.17, 15) is 4.79 Å². The molecule has 0 spiro atoms. The number of nitrogens with one attached hydrogen (secondary N) is 2. The Morgan fingerprint density at radius 2 is 2.07 bits per heavy atom. The van der Waals surface area contributed by atoms with E-state index in [4.69, 9.17) is 4.74 Å². The van der Waals surface area contributed by atoms with Crippen LogP contribution in [0, 0.1) is 6.92 Å². The smallest absolute Gasteiger partial charge is 0.250 e. The zero-order chi connectivity index (χ0) is 20.2. The van der Waals surface area contributed by atoms with E-state index in [0.717, 1.165) is 43.7 Å². The highest BCUT2D eigenvalue weighted by molar-refractivity contribution is 8.00. The third-order valence-electron chi connectivity index (χ3n) is 4.49. The normalized spacial score (nSPS) is 11.4. The second-order valence-electron chi connectivity index (χ2n) is 6.49. The lowest BCUT2D eigenvalue weighted by Crippen LogP contribution is -2.19. The number of pyridine rings is 1. The monoisotopic (exact) mass is 404 g/mol. The number of thioether (sulfide) groups is 1. The van der Waals surface area contributed by atoms with Crippen LogP contribution in [0.1, 0.15) is 11.3 Å². The predicted octanol–water partition coefficient (Wildman–Crippen LogP) is 4.28. The van der Waals surface area contributed by atoms with Crippen LogP contribution in [-0.4, -0.2) is 35.0 Å². The highest BCUT2D eigenvalue weighted by atomic mass is 32.2. The van der Waals surface area contributed by atoms with Crippen LogP contribution >= 0.6 is 11.8 Å². The first-order valence-corrected chi connectivity index (χ1v) is 10.1. The van der Waals surface area contributed by atoms with Crippen LogP contribution in [0.25, 0.3) is 21.8 Å². The van der Waals surface area contributed by atoms with Gasteiger partial charge in [0.1, 0.15) is 11.3 Å². The summed E-state index contributed by atoms with van der Waals surface area (Å²) >= 11 is 1.45. The van der Waals surface area contributed by atoms with Crippen LogP contribution in [0.4, 0.5) is 0 Å². The lowest BCUT2D eigenvalue weighted by molar-refractivity contribution is -0.118. The highest BCUT2D eigenvalue weighted by Crippen LogP contribution is 2.32. The molecule has 2 N–H and O–H groups in total. The molecular weight excluding hydrogens is 384 g/mol. The fourth-order valence-corrected chi connectivity index (χ4v) is 4.07. The molecular formula is C22H20N4O2S. The number of ether oxygens (including phenoxy) is 1. The van der Waals surface area contributed by atoms with Gasteiger partial charge in [-0.25, -0.2) is 10.4 Å². The van der Waals surface area contributed by atoms with E-state index in [-0.39, 0.29) is 11.7 Å². The van der Waals surface area contributed by atoms with Gasteiger partial charge in [-0.15, -0.1) is 11.8 Å². The van der Waals surface area contributed by atoms with Crippen LogP contribution in [0.5, 0.6) is 5.75 Å². The maximum Gasteiger partial charge on any atom is 0.250 e. The van der Waals surface area contributed by atoms with Crippen LogP contribution in [0.3, 0.4) is 0 Å². The second kappa shape index (κ2) is 8.36. The van der Waals surface area contributed by atoms with E-state index in [1.54, 1.807) is 13.3 Å². The summed E-state index contributed by atoms with van der Waals surface area (Å²) in [6, 6.07) is 15.7. The first-order valence-electron chi connectivity index (χ1n) is 9.11. The number of H-pyrrole nitrogens is 1. The van der Waals surface area contributed by atoms with Crippen molar-refractivity contribution < 1.29 is 9.53 Å². The second-order valence-corrected chi connectivity index (χ2v) is 7.51. The van der Waals surface area contributed by atoms with Crippen molar-refractivity contribution in [2.45, 2.75) is 11.8 Å². The minimum atomic E-state index is -0.170. The van der Waals surface area contributed by atoms with Crippen molar-refractivity contribution in [3.63, 3.8) is 0 Å². The highest BCUT2D eigenvalue weighted by Gasteiger charge is 2.10. The number of hydrogen-bond donors (Lipinski definition) is 2. The molecule has 0 unspecified atom stereocenters. The van der Waals surface area contributed by atoms with Crippen molar-refractivity contribution in [2.24, 2.45) is 5.10 Å². The molecule has 0 aliphatic rings. The summed E-state index contributed by atoms with van der Waals surface area (Å²) in [6.45, 7) is 1.93. The molecule has 0 saturated carbocycles. The Bertz CT molecular complexity index is 1220. The summed E-state index contributed by atoms with van der Waals surface area (Å²) in [5.41, 5.74) is 6.24. The number of amides is 1. The van der Waals surface area contributed by atoms with Gasteiger partial charge in [-0.3, -0.25) is 4.79 Å². The number of nitrogens with zero attached hydrogens (tertiary/aromatic N) is 2. The van der Waals surface area contributed by atoms with Crippen molar-refractivity contribution in [2.75, 3.05) is 12.9 Å². The molecule has 0 atom stereocenters. The average Bonchev–Trinajstić information content (AvgIpc) is 3.14. The van der Waals surface area contributed by atoms with E-state index in [1.807, 2.05) is 61.7 Å². The number of aromatic nitrogens is 2. The SMILES string of the molecule is COc1cccc2c(SCC(=O)NN=Cc3c[nH]c4ccccc34)cc(C)nc12. The molecule has 0 fully saturated rings. The van der Waals surface area contributed by atoms with Crippen molar-refractivity contribution in [1.29, 1.82) is 0 Å². The molecule has 0 saturated heterocycles. The Kier molecular flexibility index (Phi) is 5.48. The van der Waals surface area contributed by atoms with Crippen molar-refractivity contribution in [3.8, 4) is 5.75 Å². The topological polar surface area (TPSA) is 79.4 Å². The Morgan fingerprint density at radius 1 is 1.24 bits per heavy atom. The maximum atomic E-state index is 12.3. The molecule has 4 aromatic rings. The third kappa shape index (κ3) is 4.09. The summed E-state index contributed by atoms with van der Waals surface area (Å²) in [6.07, 6.45) is 3.52. The van der Waals surface area contributed by atoms with Crippen LogP contribution in [0.2, 0.25) is 0 Å². The van der Waals surface area contributed by atoms with E-state index in [2.05, 4.69) is 20.5 Å². The van der Waals surface area contributed by atoms with Gasteiger partial charge in [0.2, 0.25) is 5.91 Å². The molecule has 2 heterocycles. The van der Waals surface area contributed by atoms with E-state index >= 15 is 0 Å². The molecule has 146 valence electrons. The molecule has 0 aliphatic heterocycles. The number of carbonyl (C=O) groups excluding carboxylic acids is 1. The Balaban J connectivity index is 1.43. The number of aromatic amines is 1. The zero-order valence-corrected chi connectivity index (χ0v) is 16.9. The minimum absolute atomic E-state index is 0.170. The number of carbonyl (C=O) groups is 1. The molecule has 0 aliphatic carbocycles. The van der Waals surface area contributed by atoms with Gasteiger partial charge < -0.3 is 9.72 Å². The van der Waals surface area contributed by atoms with Crippen molar-refractivity contribution in [3.05, 3.63) is 66.0 Å². The molecule has 0 bridgehead atoms. The van der Waals surface area contributed by atoms with Crippen molar-refractivity contribution >= 4 is 45.7 Å². The third-order valence-corrected chi connectivity index (χ3v) is 5.54. The number of rotatable bonds is 6. The Hall–Kier alpha value is -3.32. The van der Waals surface area contributed by atoms with Crippen LogP contribution < -0.4 is 10.2 Å². The van der Waals surface area contributed by atoms with Crippen molar-refractivity contribution in [1.82, 2.24) is 15.4 Å². The van der Waals surface area contributed by atoms with E-state index in [0.29, 0.717) is 0 Å². The van der Waals surface area contributed by atoms with Gasteiger partial charge in [0.25, 0.3) is 0 Å². The Labute approximate surface area is 172 Å². The van der Waals surface area contributed by atoms with Gasteiger partial charge in [0, 0.05) is 38.6 Å². The molecule has 6 nitrogen and oxygen atoms in total. The van der Waals surface area contributed by atoms with Gasteiger partial charge in [-0.05, 0) is 25.1 Å². The molecule has 4 rings (SSSR count). The first kappa shape index (κ1) is 19.0. The number of aryl methyl sites for hydroxylation is 1. The number of methoxy groups -OCH3 is 1. The largest absolute Gasteiger partial charge is 0.494 e. The van der Waals surface area contributed by atoms with Crippen LogP contribution in [-0.2, 0) is 4.79 Å². The van der Waals surface area contributed by atoms with Gasteiger partial charge in [-0.1, -0.05) is 30.3 Å². The summed E-state index contributed by atoms with van der Waals surface area (Å²) in [4.78, 5) is 21.0. The zero-order valence-electron chi connectivity index (χ0n) is 16.1. The number of para-hydroxylation sites is 2. The van der Waals surface area contributed by atoms with Gasteiger partial charge >= 0.3 is 0 Å². The quantitative estimate of drug-likeness (QED) is 0.286. The maximum absolute atomic E-state index is 12.3. The van der Waals surface area contributed by atoms with Gasteiger partial charge in [0.15, 0.2) is 0 Å². The summed E-state index contributed by atoms with van der Waals surface area (Å²) in [5.74, 6) is 0.804. The fraction of sp³-hybridized carbons (Fsp3) is 0.136. The van der Waals surface area contributed by atoms with E-state index in [1.165, 1.54) is 11.8 Å². The van der Waals surface area contributed by atoms with E-state index < -0.39 is 0 Å². The molecule has 2 aromatic heterocycles. The molecule has 7 heteroatoms. The van der Waals surface area contributed by atoms with Crippen LogP contribution in [0.15, 0.2) is 64.7 Å². The molecule has 1 amide bonds. The summed E-state index contributed by atoms with van der Waals surface area (Å²) < 4.78 is 5.41. The summed E-state index contributed by atoms with van der Waals surface area (Å²) in [5, 5.41) is 6.12. The summed E-state index contributed by atoms with van der Waals surface area (Å²) in [7, 11) is 1.63. The van der Waals surface area contributed by atoms with Gasteiger partial charge in [-0.2, -0.15) is 5.10 Å². The minimum Gasteiger partial charge on any atom is -0.494 e.